The molecule has 1 spiro atoms. The number of halogens is 1. The largest absolute Gasteiger partial charge is 0.490 e. The fourth-order valence-corrected chi connectivity index (χ4v) is 9.72. The molecule has 0 radical (unpaired) electrons. The van der Waals surface area contributed by atoms with Gasteiger partial charge in [0.1, 0.15) is 17.5 Å². The van der Waals surface area contributed by atoms with Gasteiger partial charge >= 0.3 is 6.09 Å². The Morgan fingerprint density at radius 3 is 2.67 bits per heavy atom. The molecule has 2 aromatic carbocycles. The van der Waals surface area contributed by atoms with E-state index in [1.807, 2.05) is 26.2 Å². The third-order valence-corrected chi connectivity index (χ3v) is 13.3. The Morgan fingerprint density at radius 2 is 1.92 bits per heavy atom. The summed E-state index contributed by atoms with van der Waals surface area (Å²) in [7, 11) is -0.183. The number of anilines is 1. The second-order valence-corrected chi connectivity index (χ2v) is 17.7. The predicted octanol–water partition coefficient (Wildman–Crippen LogP) is 5.15. The molecule has 1 N–H and O–H groups in total. The predicted molar refractivity (Wildman–Crippen MR) is 195 cm³/mol. The topological polar surface area (TPSA) is 118 Å². The number of sulfonamides is 1. The van der Waals surface area contributed by atoms with Gasteiger partial charge in [-0.1, -0.05) is 23.7 Å². The smallest absolute Gasteiger partial charge is 0.410 e. The van der Waals surface area contributed by atoms with Gasteiger partial charge in [-0.3, -0.25) is 4.79 Å². The summed E-state index contributed by atoms with van der Waals surface area (Å²) in [5.74, 6) is -0.00288. The number of carbonyl (C=O) groups excluding carboxylic acids is 2. The van der Waals surface area contributed by atoms with E-state index in [1.165, 1.54) is 31.0 Å². The van der Waals surface area contributed by atoms with E-state index in [-0.39, 0.29) is 40.9 Å². The van der Waals surface area contributed by atoms with Gasteiger partial charge in [0.05, 0.1) is 23.8 Å². The molecule has 2 aromatic rings. The van der Waals surface area contributed by atoms with E-state index in [0.717, 1.165) is 38.5 Å². The molecule has 2 aliphatic carbocycles. The zero-order valence-corrected chi connectivity index (χ0v) is 31.5. The standard InChI is InChI=1S/C38H49ClN4O7S/c1-37(2)35(44)40-51(46,47)29-11-14-34-32(20-29)43(23-38(24-48-34)16-5-7-25-19-27(39)10-13-31(25)38)21-26-9-12-30(26)33(8-6-18-49-37)50-36(45)42-17-15-28(22-42)41(3)4/h6,8,10-11,13-14,19-20,26,28,30,33H,5,7,9,12,15-18,21-24H2,1-4H3,(H,40,44)/b8-6+/t26-,28-,30+,33-,38-/m0/s1. The Bertz CT molecular complexity index is 1820. The number of likely N-dealkylation sites (tertiary alicyclic amines) is 1. The molecular formula is C38H49ClN4O7S. The van der Waals surface area contributed by atoms with Crippen LogP contribution < -0.4 is 14.4 Å². The number of benzene rings is 2. The first kappa shape index (κ1) is 36.1. The molecule has 1 saturated heterocycles. The molecule has 7 rings (SSSR count). The van der Waals surface area contributed by atoms with Gasteiger partial charge in [0.15, 0.2) is 0 Å². The van der Waals surface area contributed by atoms with Crippen LogP contribution >= 0.6 is 11.6 Å². The molecule has 3 aliphatic heterocycles. The minimum Gasteiger partial charge on any atom is -0.490 e. The van der Waals surface area contributed by atoms with Crippen LogP contribution in [-0.2, 0) is 36.1 Å². The highest BCUT2D eigenvalue weighted by atomic mass is 35.5. The lowest BCUT2D eigenvalue weighted by Gasteiger charge is -2.46. The lowest BCUT2D eigenvalue weighted by molar-refractivity contribution is -0.139. The minimum absolute atomic E-state index is 0.0311. The van der Waals surface area contributed by atoms with Crippen molar-refractivity contribution in [3.05, 3.63) is 64.7 Å². The molecule has 1 saturated carbocycles. The Hall–Kier alpha value is -3.32. The van der Waals surface area contributed by atoms with Crippen LogP contribution in [0.5, 0.6) is 5.75 Å². The summed E-state index contributed by atoms with van der Waals surface area (Å²) >= 11 is 6.45. The van der Waals surface area contributed by atoms with Crippen molar-refractivity contribution in [3.63, 3.8) is 0 Å². The first-order valence-corrected chi connectivity index (χ1v) is 19.9. The number of ether oxygens (including phenoxy) is 3. The number of amides is 2. The third-order valence-electron chi connectivity index (χ3n) is 11.7. The average molecular weight is 741 g/mol. The molecule has 5 aliphatic rings. The van der Waals surface area contributed by atoms with Gasteiger partial charge in [0.25, 0.3) is 15.9 Å². The highest BCUT2D eigenvalue weighted by molar-refractivity contribution is 7.90. The molecule has 276 valence electrons. The first-order valence-electron chi connectivity index (χ1n) is 18.1. The summed E-state index contributed by atoms with van der Waals surface area (Å²) in [6, 6.07) is 11.2. The summed E-state index contributed by atoms with van der Waals surface area (Å²) in [6.07, 6.45) is 8.35. The Morgan fingerprint density at radius 1 is 1.10 bits per heavy atom. The molecular weight excluding hydrogens is 692 g/mol. The zero-order chi connectivity index (χ0) is 36.1. The van der Waals surface area contributed by atoms with E-state index < -0.39 is 27.6 Å². The maximum absolute atomic E-state index is 13.7. The van der Waals surface area contributed by atoms with Gasteiger partial charge in [-0.25, -0.2) is 17.9 Å². The van der Waals surface area contributed by atoms with E-state index in [2.05, 4.69) is 26.7 Å². The van der Waals surface area contributed by atoms with Crippen molar-refractivity contribution >= 4 is 39.3 Å². The fraction of sp³-hybridized carbons (Fsp3) is 0.579. The summed E-state index contributed by atoms with van der Waals surface area (Å²) in [4.78, 5) is 33.1. The lowest BCUT2D eigenvalue weighted by atomic mass is 9.68. The second kappa shape index (κ2) is 13.9. The molecule has 2 fully saturated rings. The minimum atomic E-state index is -4.24. The SMILES string of the molecule is CN(C)[C@H]1CCN(C(=O)O[C@H]2/C=C/COC(C)(C)C(=O)NS(=O)(=O)c3ccc4c(c3)N(C[C@@H]3CC[C@H]32)C[C@@]2(CCCc3cc(Cl)ccc32)CO4)C1. The van der Waals surface area contributed by atoms with E-state index in [0.29, 0.717) is 49.2 Å². The van der Waals surface area contributed by atoms with Crippen LogP contribution in [0, 0.1) is 11.8 Å². The fourth-order valence-electron chi connectivity index (χ4n) is 8.40. The van der Waals surface area contributed by atoms with Crippen LogP contribution in [0.3, 0.4) is 0 Å². The number of nitrogens with zero attached hydrogens (tertiary/aromatic N) is 3. The van der Waals surface area contributed by atoms with Crippen LogP contribution in [-0.4, -0.2) is 101 Å². The van der Waals surface area contributed by atoms with Gasteiger partial charge < -0.3 is 28.9 Å². The van der Waals surface area contributed by atoms with Crippen LogP contribution in [0.2, 0.25) is 5.02 Å². The Kier molecular flexibility index (Phi) is 9.83. The number of fused-ring (bicyclic) bond motifs is 4. The van der Waals surface area contributed by atoms with Gasteiger partial charge in [-0.05, 0) is 120 Å². The van der Waals surface area contributed by atoms with Crippen molar-refractivity contribution in [1.29, 1.82) is 0 Å². The van der Waals surface area contributed by atoms with Crippen molar-refractivity contribution in [1.82, 2.24) is 14.5 Å². The summed E-state index contributed by atoms with van der Waals surface area (Å²) in [5, 5.41) is 0.705. The van der Waals surface area contributed by atoms with Crippen molar-refractivity contribution in [2.75, 3.05) is 58.4 Å². The molecule has 11 nitrogen and oxygen atoms in total. The third kappa shape index (κ3) is 7.21. The summed E-state index contributed by atoms with van der Waals surface area (Å²) in [6.45, 7) is 6.01. The monoisotopic (exact) mass is 740 g/mol. The highest BCUT2D eigenvalue weighted by Gasteiger charge is 2.45. The van der Waals surface area contributed by atoms with E-state index in [1.54, 1.807) is 23.1 Å². The van der Waals surface area contributed by atoms with Gasteiger partial charge in [-0.2, -0.15) is 0 Å². The van der Waals surface area contributed by atoms with Gasteiger partial charge in [-0.15, -0.1) is 0 Å². The molecule has 13 heteroatoms. The van der Waals surface area contributed by atoms with Crippen molar-refractivity contribution in [3.8, 4) is 5.75 Å². The molecule has 2 amide bonds. The van der Waals surface area contributed by atoms with Crippen LogP contribution in [0.1, 0.15) is 57.1 Å². The van der Waals surface area contributed by atoms with E-state index >= 15 is 0 Å². The lowest BCUT2D eigenvalue weighted by Crippen LogP contribution is -2.50. The second-order valence-electron chi connectivity index (χ2n) is 15.6. The normalized spacial score (nSPS) is 30.7. The first-order chi connectivity index (χ1) is 24.2. The summed E-state index contributed by atoms with van der Waals surface area (Å²) < 4.78 is 48.3. The quantitative estimate of drug-likeness (QED) is 0.418. The van der Waals surface area contributed by atoms with E-state index in [4.69, 9.17) is 25.8 Å². The van der Waals surface area contributed by atoms with Crippen molar-refractivity contribution in [2.45, 2.75) is 80.4 Å². The van der Waals surface area contributed by atoms with Gasteiger partial charge in [0.2, 0.25) is 0 Å². The number of likely N-dealkylation sites (N-methyl/N-ethyl adjacent to an activating group) is 1. The number of carbonyl (C=O) groups is 2. The molecule has 0 aromatic heterocycles. The number of nitrogens with one attached hydrogen (secondary N) is 1. The number of rotatable bonds is 2. The highest BCUT2D eigenvalue weighted by Crippen LogP contribution is 2.47. The zero-order valence-electron chi connectivity index (χ0n) is 29.9. The maximum Gasteiger partial charge on any atom is 0.410 e. The number of aryl methyl sites for hydroxylation is 1. The van der Waals surface area contributed by atoms with Gasteiger partial charge in [0, 0.05) is 48.6 Å². The van der Waals surface area contributed by atoms with E-state index in [9.17, 15) is 18.0 Å². The summed E-state index contributed by atoms with van der Waals surface area (Å²) in [5.41, 5.74) is 1.28. The number of hydrogen-bond acceptors (Lipinski definition) is 9. The molecule has 0 unspecified atom stereocenters. The maximum atomic E-state index is 13.7. The van der Waals surface area contributed by atoms with Crippen molar-refractivity contribution < 1.29 is 32.2 Å². The van der Waals surface area contributed by atoms with Crippen LogP contribution in [0.4, 0.5) is 10.5 Å². The Labute approximate surface area is 306 Å². The van der Waals surface area contributed by atoms with Crippen LogP contribution in [0.15, 0.2) is 53.4 Å². The molecule has 51 heavy (non-hydrogen) atoms. The molecule has 2 bridgehead atoms. The Balaban J connectivity index is 1.26. The molecule has 5 atom stereocenters. The number of hydrogen-bond donors (Lipinski definition) is 1. The molecule has 3 heterocycles. The van der Waals surface area contributed by atoms with Crippen molar-refractivity contribution in [2.24, 2.45) is 11.8 Å². The average Bonchev–Trinajstić information content (AvgIpc) is 3.52. The van der Waals surface area contributed by atoms with Crippen LogP contribution in [0.25, 0.3) is 0 Å².